The molecule has 5 nitrogen and oxygen atoms in total. The summed E-state index contributed by atoms with van der Waals surface area (Å²) in [7, 11) is 0. The van der Waals surface area contributed by atoms with Crippen molar-refractivity contribution in [1.82, 2.24) is 9.38 Å². The van der Waals surface area contributed by atoms with E-state index in [-0.39, 0.29) is 6.04 Å². The summed E-state index contributed by atoms with van der Waals surface area (Å²) in [6, 6.07) is 4.01. The highest BCUT2D eigenvalue weighted by atomic mass is 32.1. The first-order valence-electron chi connectivity index (χ1n) is 7.16. The molecule has 0 aliphatic carbocycles. The van der Waals surface area contributed by atoms with Crippen LogP contribution >= 0.6 is 11.3 Å². The van der Waals surface area contributed by atoms with E-state index in [0.717, 1.165) is 36.0 Å². The van der Waals surface area contributed by atoms with Gasteiger partial charge >= 0.3 is 0 Å². The summed E-state index contributed by atoms with van der Waals surface area (Å²) in [5.74, 6) is 1.96. The molecule has 0 amide bonds. The molecule has 0 fully saturated rings. The van der Waals surface area contributed by atoms with Crippen LogP contribution < -0.4 is 10.6 Å². The minimum atomic E-state index is 0.103. The predicted molar refractivity (Wildman–Crippen MR) is 85.9 cm³/mol. The highest BCUT2D eigenvalue weighted by Gasteiger charge is 2.19. The SMILES string of the molecule is CCN(Cc1ccco1)c1nc2sccn2c1CC(C)N. The van der Waals surface area contributed by atoms with E-state index in [1.165, 1.54) is 5.69 Å². The van der Waals surface area contributed by atoms with Gasteiger partial charge in [0.1, 0.15) is 5.76 Å². The number of furan rings is 1. The molecule has 1 unspecified atom stereocenters. The lowest BCUT2D eigenvalue weighted by molar-refractivity contribution is 0.502. The molecule has 3 aromatic heterocycles. The molecule has 0 spiro atoms. The van der Waals surface area contributed by atoms with Crippen molar-refractivity contribution in [2.75, 3.05) is 11.4 Å². The average molecular weight is 304 g/mol. The van der Waals surface area contributed by atoms with Gasteiger partial charge < -0.3 is 15.1 Å². The van der Waals surface area contributed by atoms with Crippen molar-refractivity contribution >= 4 is 22.1 Å². The third-order valence-electron chi connectivity index (χ3n) is 3.46. The Balaban J connectivity index is 1.98. The Morgan fingerprint density at radius 1 is 1.52 bits per heavy atom. The first-order valence-corrected chi connectivity index (χ1v) is 8.04. The summed E-state index contributed by atoms with van der Waals surface area (Å²) >= 11 is 1.65. The van der Waals surface area contributed by atoms with Crippen molar-refractivity contribution in [2.24, 2.45) is 5.73 Å². The third kappa shape index (κ3) is 2.82. The van der Waals surface area contributed by atoms with Crippen LogP contribution in [-0.2, 0) is 13.0 Å². The fourth-order valence-electron chi connectivity index (χ4n) is 2.50. The molecule has 0 saturated heterocycles. The van der Waals surface area contributed by atoms with E-state index in [2.05, 4.69) is 27.8 Å². The van der Waals surface area contributed by atoms with Crippen LogP contribution in [-0.4, -0.2) is 22.0 Å². The number of nitrogens with two attached hydrogens (primary N) is 1. The Kier molecular flexibility index (Phi) is 3.98. The molecule has 0 aliphatic rings. The van der Waals surface area contributed by atoms with Crippen molar-refractivity contribution in [3.05, 3.63) is 41.4 Å². The predicted octanol–water partition coefficient (Wildman–Crippen LogP) is 2.91. The van der Waals surface area contributed by atoms with Gasteiger partial charge in [-0.25, -0.2) is 4.98 Å². The molecule has 0 aliphatic heterocycles. The van der Waals surface area contributed by atoms with E-state index in [9.17, 15) is 0 Å². The number of hydrogen-bond acceptors (Lipinski definition) is 5. The summed E-state index contributed by atoms with van der Waals surface area (Å²) in [5, 5.41) is 2.06. The Labute approximate surface area is 128 Å². The van der Waals surface area contributed by atoms with Crippen molar-refractivity contribution in [3.63, 3.8) is 0 Å². The average Bonchev–Trinajstić information content (AvgIpc) is 3.14. The Morgan fingerprint density at radius 2 is 2.38 bits per heavy atom. The van der Waals surface area contributed by atoms with Crippen molar-refractivity contribution in [1.29, 1.82) is 0 Å². The fraction of sp³-hybridized carbons (Fsp3) is 0.400. The lowest BCUT2D eigenvalue weighted by Crippen LogP contribution is -2.26. The standard InChI is InChI=1S/C15H20N4OS/c1-3-18(10-12-5-4-7-20-12)14-13(9-11(2)16)19-6-8-21-15(19)17-14/h4-8,11H,3,9-10,16H2,1-2H3. The van der Waals surface area contributed by atoms with Gasteiger partial charge in [0.25, 0.3) is 0 Å². The summed E-state index contributed by atoms with van der Waals surface area (Å²) in [4.78, 5) is 8.03. The number of aromatic nitrogens is 2. The van der Waals surface area contributed by atoms with Gasteiger partial charge in [0.15, 0.2) is 10.8 Å². The van der Waals surface area contributed by atoms with Crippen LogP contribution in [0.4, 0.5) is 5.82 Å². The molecule has 2 N–H and O–H groups in total. The van der Waals surface area contributed by atoms with Gasteiger partial charge in [-0.2, -0.15) is 0 Å². The second-order valence-corrected chi connectivity index (χ2v) is 6.09. The van der Waals surface area contributed by atoms with Crippen LogP contribution in [0.25, 0.3) is 4.96 Å². The molecule has 3 aromatic rings. The quantitative estimate of drug-likeness (QED) is 0.760. The van der Waals surface area contributed by atoms with E-state index in [1.807, 2.05) is 19.1 Å². The van der Waals surface area contributed by atoms with Crippen LogP contribution in [0.2, 0.25) is 0 Å². The zero-order valence-electron chi connectivity index (χ0n) is 12.3. The topological polar surface area (TPSA) is 59.7 Å². The number of thiazole rings is 1. The molecule has 3 rings (SSSR count). The van der Waals surface area contributed by atoms with Crippen molar-refractivity contribution in [3.8, 4) is 0 Å². The molecule has 3 heterocycles. The molecular formula is C15H20N4OS. The lowest BCUT2D eigenvalue weighted by atomic mass is 10.2. The monoisotopic (exact) mass is 304 g/mol. The number of fused-ring (bicyclic) bond motifs is 1. The van der Waals surface area contributed by atoms with Crippen LogP contribution in [0.1, 0.15) is 25.3 Å². The van der Waals surface area contributed by atoms with E-state index in [1.54, 1.807) is 17.6 Å². The number of hydrogen-bond donors (Lipinski definition) is 1. The Hall–Kier alpha value is -1.79. The zero-order chi connectivity index (χ0) is 14.8. The normalized spacial score (nSPS) is 12.9. The van der Waals surface area contributed by atoms with E-state index in [0.29, 0.717) is 0 Å². The Bertz CT molecular complexity index is 698. The molecule has 21 heavy (non-hydrogen) atoms. The van der Waals surface area contributed by atoms with Gasteiger partial charge in [0.2, 0.25) is 0 Å². The summed E-state index contributed by atoms with van der Waals surface area (Å²) in [6.07, 6.45) is 4.58. The molecular weight excluding hydrogens is 284 g/mol. The Morgan fingerprint density at radius 3 is 3.05 bits per heavy atom. The highest BCUT2D eigenvalue weighted by molar-refractivity contribution is 7.15. The maximum atomic E-state index is 6.02. The number of imidazole rings is 1. The van der Waals surface area contributed by atoms with Crippen LogP contribution in [0.5, 0.6) is 0 Å². The fourth-order valence-corrected chi connectivity index (χ4v) is 3.22. The number of rotatable bonds is 6. The first kappa shape index (κ1) is 14.2. The van der Waals surface area contributed by atoms with Gasteiger partial charge in [-0.05, 0) is 26.0 Å². The van der Waals surface area contributed by atoms with E-state index >= 15 is 0 Å². The second-order valence-electron chi connectivity index (χ2n) is 5.21. The van der Waals surface area contributed by atoms with Gasteiger partial charge in [0.05, 0.1) is 18.5 Å². The van der Waals surface area contributed by atoms with Gasteiger partial charge in [-0.15, -0.1) is 11.3 Å². The number of nitrogens with zero attached hydrogens (tertiary/aromatic N) is 3. The zero-order valence-corrected chi connectivity index (χ0v) is 13.1. The summed E-state index contributed by atoms with van der Waals surface area (Å²) in [6.45, 7) is 5.75. The lowest BCUT2D eigenvalue weighted by Gasteiger charge is -2.21. The molecule has 0 aromatic carbocycles. The van der Waals surface area contributed by atoms with Crippen molar-refractivity contribution in [2.45, 2.75) is 32.9 Å². The van der Waals surface area contributed by atoms with Gasteiger partial charge in [-0.1, -0.05) is 0 Å². The second kappa shape index (κ2) is 5.91. The van der Waals surface area contributed by atoms with E-state index < -0.39 is 0 Å². The third-order valence-corrected chi connectivity index (χ3v) is 4.22. The van der Waals surface area contributed by atoms with Crippen LogP contribution in [0, 0.1) is 0 Å². The molecule has 6 heteroatoms. The van der Waals surface area contributed by atoms with Crippen LogP contribution in [0.15, 0.2) is 34.4 Å². The molecule has 1 atom stereocenters. The van der Waals surface area contributed by atoms with Crippen molar-refractivity contribution < 1.29 is 4.42 Å². The highest BCUT2D eigenvalue weighted by Crippen LogP contribution is 2.27. The molecule has 112 valence electrons. The maximum Gasteiger partial charge on any atom is 0.195 e. The van der Waals surface area contributed by atoms with E-state index in [4.69, 9.17) is 15.1 Å². The summed E-state index contributed by atoms with van der Waals surface area (Å²) < 4.78 is 7.61. The maximum absolute atomic E-state index is 6.02. The molecule has 0 radical (unpaired) electrons. The van der Waals surface area contributed by atoms with Gasteiger partial charge in [0, 0.05) is 30.6 Å². The first-order chi connectivity index (χ1) is 10.2. The smallest absolute Gasteiger partial charge is 0.195 e. The minimum Gasteiger partial charge on any atom is -0.467 e. The van der Waals surface area contributed by atoms with Crippen LogP contribution in [0.3, 0.4) is 0 Å². The largest absolute Gasteiger partial charge is 0.467 e. The molecule has 0 saturated carbocycles. The summed E-state index contributed by atoms with van der Waals surface area (Å²) in [5.41, 5.74) is 7.19. The van der Waals surface area contributed by atoms with Gasteiger partial charge in [-0.3, -0.25) is 4.40 Å². The minimum absolute atomic E-state index is 0.103. The molecule has 0 bridgehead atoms. The number of anilines is 1.